The monoisotopic (exact) mass is 213 g/mol. The van der Waals surface area contributed by atoms with Gasteiger partial charge in [0.15, 0.2) is 0 Å². The van der Waals surface area contributed by atoms with E-state index in [2.05, 4.69) is 13.8 Å². The Morgan fingerprint density at radius 1 is 1.47 bits per heavy atom. The zero-order valence-corrected chi connectivity index (χ0v) is 10.1. The highest BCUT2D eigenvalue weighted by Gasteiger charge is 2.42. The molecule has 0 amide bonds. The number of carbonyl (C=O) groups excluding carboxylic acids is 1. The van der Waals surface area contributed by atoms with Crippen LogP contribution in [0.4, 0.5) is 0 Å². The second kappa shape index (κ2) is 4.12. The van der Waals surface area contributed by atoms with Gasteiger partial charge in [-0.3, -0.25) is 0 Å². The van der Waals surface area contributed by atoms with E-state index in [1.54, 1.807) is 0 Å². The molecule has 0 aromatic carbocycles. The van der Waals surface area contributed by atoms with Crippen LogP contribution in [0.25, 0.3) is 0 Å². The van der Waals surface area contributed by atoms with Crippen LogP contribution in [-0.4, -0.2) is 18.2 Å². The summed E-state index contributed by atoms with van der Waals surface area (Å²) < 4.78 is 5.64. The Bertz CT molecular complexity index is 245. The fourth-order valence-corrected chi connectivity index (χ4v) is 2.65. The van der Waals surface area contributed by atoms with Crippen molar-refractivity contribution in [3.05, 3.63) is 0 Å². The summed E-state index contributed by atoms with van der Waals surface area (Å²) in [7, 11) is 0. The first kappa shape index (κ1) is 12.5. The second-order valence-electron chi connectivity index (χ2n) is 5.60. The smallest absolute Gasteiger partial charge is 0.0632 e. The largest absolute Gasteiger partial charge is 0.550 e. The molecule has 0 unspecified atom stereocenters. The van der Waals surface area contributed by atoms with Crippen molar-refractivity contribution in [2.45, 2.75) is 52.6 Å². The van der Waals surface area contributed by atoms with Gasteiger partial charge in [0.2, 0.25) is 0 Å². The van der Waals surface area contributed by atoms with E-state index in [4.69, 9.17) is 4.74 Å². The quantitative estimate of drug-likeness (QED) is 0.711. The van der Waals surface area contributed by atoms with Crippen LogP contribution in [0.5, 0.6) is 0 Å². The average molecular weight is 213 g/mol. The molecular weight excluding hydrogens is 192 g/mol. The lowest BCUT2D eigenvalue weighted by molar-refractivity contribution is -0.310. The number of aliphatic carboxylic acids is 1. The van der Waals surface area contributed by atoms with Gasteiger partial charge in [-0.05, 0) is 44.4 Å². The molecule has 1 rings (SSSR count). The van der Waals surface area contributed by atoms with Crippen LogP contribution in [-0.2, 0) is 9.53 Å². The minimum absolute atomic E-state index is 0.150. The van der Waals surface area contributed by atoms with Gasteiger partial charge in [0.1, 0.15) is 0 Å². The van der Waals surface area contributed by atoms with Crippen LogP contribution in [0.1, 0.15) is 47.0 Å². The number of ether oxygens (including phenoxy) is 1. The van der Waals surface area contributed by atoms with Crippen molar-refractivity contribution in [3.63, 3.8) is 0 Å². The van der Waals surface area contributed by atoms with E-state index in [9.17, 15) is 9.90 Å². The maximum atomic E-state index is 10.8. The Hall–Kier alpha value is -0.570. The standard InChI is InChI=1S/C12H22O3/c1-9(2)12(7-10(13)14)5-6-15-11(3,4)8-12/h9H,5-8H2,1-4H3,(H,13,14)/p-1/t12-/m0/s1. The van der Waals surface area contributed by atoms with E-state index < -0.39 is 5.97 Å². The third kappa shape index (κ3) is 2.94. The molecule has 1 fully saturated rings. The first-order valence-corrected chi connectivity index (χ1v) is 5.61. The van der Waals surface area contributed by atoms with Crippen molar-refractivity contribution >= 4 is 5.97 Å². The van der Waals surface area contributed by atoms with Gasteiger partial charge in [0.05, 0.1) is 5.60 Å². The fourth-order valence-electron chi connectivity index (χ4n) is 2.65. The molecule has 0 aromatic rings. The highest BCUT2D eigenvalue weighted by molar-refractivity contribution is 5.65. The van der Waals surface area contributed by atoms with Crippen molar-refractivity contribution in [1.82, 2.24) is 0 Å². The number of carbonyl (C=O) groups is 1. The summed E-state index contributed by atoms with van der Waals surface area (Å²) in [6.07, 6.45) is 1.77. The van der Waals surface area contributed by atoms with Crippen LogP contribution >= 0.6 is 0 Å². The van der Waals surface area contributed by atoms with Crippen molar-refractivity contribution in [1.29, 1.82) is 0 Å². The third-order valence-electron chi connectivity index (χ3n) is 3.59. The lowest BCUT2D eigenvalue weighted by Crippen LogP contribution is -2.46. The lowest BCUT2D eigenvalue weighted by Gasteiger charge is -2.48. The van der Waals surface area contributed by atoms with E-state index in [0.717, 1.165) is 12.8 Å². The predicted octanol–water partition coefficient (Wildman–Crippen LogP) is 1.36. The van der Waals surface area contributed by atoms with E-state index in [0.29, 0.717) is 12.5 Å². The molecule has 0 spiro atoms. The Morgan fingerprint density at radius 3 is 2.47 bits per heavy atom. The lowest BCUT2D eigenvalue weighted by atomic mass is 9.65. The predicted molar refractivity (Wildman–Crippen MR) is 56.2 cm³/mol. The molecule has 0 aromatic heterocycles. The molecule has 15 heavy (non-hydrogen) atoms. The minimum Gasteiger partial charge on any atom is -0.550 e. The van der Waals surface area contributed by atoms with Crippen LogP contribution < -0.4 is 5.11 Å². The van der Waals surface area contributed by atoms with Crippen molar-refractivity contribution in [2.75, 3.05) is 6.61 Å². The van der Waals surface area contributed by atoms with Crippen LogP contribution in [0.3, 0.4) is 0 Å². The number of carboxylic acids is 1. The van der Waals surface area contributed by atoms with Gasteiger partial charge >= 0.3 is 0 Å². The first-order valence-electron chi connectivity index (χ1n) is 5.61. The molecule has 88 valence electrons. The summed E-state index contributed by atoms with van der Waals surface area (Å²) in [5, 5.41) is 10.8. The third-order valence-corrected chi connectivity index (χ3v) is 3.59. The van der Waals surface area contributed by atoms with E-state index in [-0.39, 0.29) is 17.4 Å². The second-order valence-corrected chi connectivity index (χ2v) is 5.60. The van der Waals surface area contributed by atoms with Crippen molar-refractivity contribution in [3.8, 4) is 0 Å². The molecule has 0 saturated carbocycles. The van der Waals surface area contributed by atoms with Gasteiger partial charge in [-0.25, -0.2) is 0 Å². The highest BCUT2D eigenvalue weighted by Crippen LogP contribution is 2.46. The Kier molecular flexibility index (Phi) is 3.44. The molecule has 1 saturated heterocycles. The maximum Gasteiger partial charge on any atom is 0.0632 e. The molecule has 0 bridgehead atoms. The molecule has 1 heterocycles. The molecule has 1 aliphatic rings. The summed E-state index contributed by atoms with van der Waals surface area (Å²) in [5.74, 6) is -0.597. The van der Waals surface area contributed by atoms with E-state index in [1.807, 2.05) is 13.8 Å². The fraction of sp³-hybridized carbons (Fsp3) is 0.917. The number of carboxylic acid groups (broad SMARTS) is 1. The van der Waals surface area contributed by atoms with Gasteiger partial charge in [-0.2, -0.15) is 0 Å². The van der Waals surface area contributed by atoms with Gasteiger partial charge in [-0.1, -0.05) is 13.8 Å². The summed E-state index contributed by atoms with van der Waals surface area (Å²) >= 11 is 0. The molecule has 0 aliphatic carbocycles. The zero-order chi connectivity index (χ0) is 11.7. The van der Waals surface area contributed by atoms with E-state index >= 15 is 0 Å². The van der Waals surface area contributed by atoms with Gasteiger partial charge in [0.25, 0.3) is 0 Å². The van der Waals surface area contributed by atoms with Crippen LogP contribution in [0.2, 0.25) is 0 Å². The Morgan fingerprint density at radius 2 is 2.07 bits per heavy atom. The van der Waals surface area contributed by atoms with Crippen LogP contribution in [0, 0.1) is 11.3 Å². The summed E-state index contributed by atoms with van der Waals surface area (Å²) in [6.45, 7) is 8.88. The van der Waals surface area contributed by atoms with Gasteiger partial charge in [0, 0.05) is 12.6 Å². The first-order chi connectivity index (χ1) is 6.77. The molecule has 0 N–H and O–H groups in total. The molecule has 3 heteroatoms. The van der Waals surface area contributed by atoms with Gasteiger partial charge < -0.3 is 14.6 Å². The molecule has 3 nitrogen and oxygen atoms in total. The van der Waals surface area contributed by atoms with Gasteiger partial charge in [-0.15, -0.1) is 0 Å². The summed E-state index contributed by atoms with van der Waals surface area (Å²) in [4.78, 5) is 10.8. The number of hydrogen-bond acceptors (Lipinski definition) is 3. The topological polar surface area (TPSA) is 49.4 Å². The summed E-state index contributed by atoms with van der Waals surface area (Å²) in [6, 6.07) is 0. The molecular formula is C12H21O3-. The number of rotatable bonds is 3. The Balaban J connectivity index is 2.85. The molecule has 1 atom stereocenters. The van der Waals surface area contributed by atoms with Crippen LogP contribution in [0.15, 0.2) is 0 Å². The minimum atomic E-state index is -0.943. The van der Waals surface area contributed by atoms with E-state index in [1.165, 1.54) is 0 Å². The molecule has 1 aliphatic heterocycles. The zero-order valence-electron chi connectivity index (χ0n) is 10.1. The highest BCUT2D eigenvalue weighted by atomic mass is 16.5. The average Bonchev–Trinajstić information content (AvgIpc) is 1.99. The maximum absolute atomic E-state index is 10.8. The SMILES string of the molecule is CC(C)[C@]1(CC(=O)[O-])CCOC(C)(C)C1. The number of hydrogen-bond donors (Lipinski definition) is 0. The molecule has 0 radical (unpaired) electrons. The Labute approximate surface area is 91.8 Å². The van der Waals surface area contributed by atoms with Crippen molar-refractivity contribution < 1.29 is 14.6 Å². The summed E-state index contributed by atoms with van der Waals surface area (Å²) in [5.41, 5.74) is -0.363. The van der Waals surface area contributed by atoms with Crippen molar-refractivity contribution in [2.24, 2.45) is 11.3 Å². The normalized spacial score (nSPS) is 30.5.